The summed E-state index contributed by atoms with van der Waals surface area (Å²) in [5.74, 6) is 3.27. The van der Waals surface area contributed by atoms with E-state index in [9.17, 15) is 4.79 Å². The van der Waals surface area contributed by atoms with Gasteiger partial charge in [0.2, 0.25) is 0 Å². The van der Waals surface area contributed by atoms with Gasteiger partial charge in [0.05, 0.1) is 29.8 Å². The van der Waals surface area contributed by atoms with E-state index in [0.717, 1.165) is 32.7 Å². The second-order valence-electron chi connectivity index (χ2n) is 6.35. The minimum atomic E-state index is -0.175. The van der Waals surface area contributed by atoms with Gasteiger partial charge in [0.25, 0.3) is 5.91 Å². The maximum absolute atomic E-state index is 12.6. The van der Waals surface area contributed by atoms with Gasteiger partial charge in [0.15, 0.2) is 4.80 Å². The SMILES string of the molecule is C#CCn1c(=NC(=O)Cc2cc(C)ccc2C)sc2cc(OCC)ccc21. The predicted octanol–water partition coefficient (Wildman–Crippen LogP) is 4.02. The number of amides is 1. The Morgan fingerprint density at radius 1 is 1.26 bits per heavy atom. The highest BCUT2D eigenvalue weighted by Gasteiger charge is 2.10. The van der Waals surface area contributed by atoms with E-state index in [0.29, 0.717) is 18.0 Å². The number of rotatable bonds is 5. The fourth-order valence-corrected chi connectivity index (χ4v) is 4.01. The molecule has 138 valence electrons. The van der Waals surface area contributed by atoms with Crippen LogP contribution in [0.4, 0.5) is 0 Å². The average Bonchev–Trinajstić information content (AvgIpc) is 2.95. The van der Waals surface area contributed by atoms with Crippen LogP contribution in [-0.2, 0) is 17.8 Å². The third-order valence-corrected chi connectivity index (χ3v) is 5.32. The van der Waals surface area contributed by atoms with E-state index in [1.165, 1.54) is 11.3 Å². The molecule has 0 spiro atoms. The summed E-state index contributed by atoms with van der Waals surface area (Å²) in [7, 11) is 0. The molecule has 0 bridgehead atoms. The number of aryl methyl sites for hydroxylation is 2. The number of hydrogen-bond acceptors (Lipinski definition) is 3. The summed E-state index contributed by atoms with van der Waals surface area (Å²) in [5, 5.41) is 0. The molecule has 0 radical (unpaired) electrons. The zero-order chi connectivity index (χ0) is 19.4. The Kier molecular flexibility index (Phi) is 5.78. The first kappa shape index (κ1) is 18.9. The summed E-state index contributed by atoms with van der Waals surface area (Å²) in [5.41, 5.74) is 4.20. The molecule has 1 heterocycles. The van der Waals surface area contributed by atoms with Crippen LogP contribution in [0, 0.1) is 26.2 Å². The van der Waals surface area contributed by atoms with E-state index < -0.39 is 0 Å². The van der Waals surface area contributed by atoms with E-state index in [-0.39, 0.29) is 12.3 Å². The number of terminal acetylenes is 1. The van der Waals surface area contributed by atoms with Gasteiger partial charge in [-0.2, -0.15) is 4.99 Å². The molecule has 3 rings (SSSR count). The molecule has 0 atom stereocenters. The van der Waals surface area contributed by atoms with Gasteiger partial charge >= 0.3 is 0 Å². The maximum atomic E-state index is 12.6. The number of ether oxygens (including phenoxy) is 1. The van der Waals surface area contributed by atoms with Crippen molar-refractivity contribution >= 4 is 27.5 Å². The van der Waals surface area contributed by atoms with Crippen LogP contribution >= 0.6 is 11.3 Å². The summed E-state index contributed by atoms with van der Waals surface area (Å²) in [6.07, 6.45) is 5.81. The van der Waals surface area contributed by atoms with Crippen molar-refractivity contribution < 1.29 is 9.53 Å². The summed E-state index contributed by atoms with van der Waals surface area (Å²) < 4.78 is 8.46. The molecule has 1 aromatic heterocycles. The van der Waals surface area contributed by atoms with Crippen molar-refractivity contribution in [3.8, 4) is 18.1 Å². The lowest BCUT2D eigenvalue weighted by atomic mass is 10.0. The second-order valence-corrected chi connectivity index (χ2v) is 7.36. The molecule has 0 unspecified atom stereocenters. The van der Waals surface area contributed by atoms with Crippen molar-refractivity contribution in [3.05, 3.63) is 57.9 Å². The quantitative estimate of drug-likeness (QED) is 0.630. The molecule has 27 heavy (non-hydrogen) atoms. The third-order valence-electron chi connectivity index (χ3n) is 4.28. The smallest absolute Gasteiger partial charge is 0.252 e. The van der Waals surface area contributed by atoms with Gasteiger partial charge in [0, 0.05) is 0 Å². The first-order valence-corrected chi connectivity index (χ1v) is 9.66. The second kappa shape index (κ2) is 8.24. The third kappa shape index (κ3) is 4.29. The largest absolute Gasteiger partial charge is 0.494 e. The van der Waals surface area contributed by atoms with Gasteiger partial charge in [-0.1, -0.05) is 41.0 Å². The van der Waals surface area contributed by atoms with E-state index in [1.54, 1.807) is 0 Å². The van der Waals surface area contributed by atoms with Gasteiger partial charge in [-0.25, -0.2) is 0 Å². The Bertz CT molecular complexity index is 1100. The highest BCUT2D eigenvalue weighted by molar-refractivity contribution is 7.16. The Hall–Kier alpha value is -2.84. The van der Waals surface area contributed by atoms with Crippen molar-refractivity contribution in [3.63, 3.8) is 0 Å². The van der Waals surface area contributed by atoms with Crippen molar-refractivity contribution in [2.45, 2.75) is 33.7 Å². The lowest BCUT2D eigenvalue weighted by Gasteiger charge is -2.05. The van der Waals surface area contributed by atoms with Crippen molar-refractivity contribution in [2.24, 2.45) is 4.99 Å². The van der Waals surface area contributed by atoms with Crippen LogP contribution < -0.4 is 9.54 Å². The van der Waals surface area contributed by atoms with Crippen LogP contribution in [0.1, 0.15) is 23.6 Å². The molecular weight excluding hydrogens is 356 g/mol. The maximum Gasteiger partial charge on any atom is 0.252 e. The van der Waals surface area contributed by atoms with Crippen LogP contribution in [0.15, 0.2) is 41.4 Å². The summed E-state index contributed by atoms with van der Waals surface area (Å²) >= 11 is 1.45. The molecule has 4 nitrogen and oxygen atoms in total. The molecule has 3 aromatic rings. The average molecular weight is 378 g/mol. The normalized spacial score (nSPS) is 11.6. The molecule has 2 aromatic carbocycles. The van der Waals surface area contributed by atoms with E-state index in [2.05, 4.69) is 10.9 Å². The highest BCUT2D eigenvalue weighted by Crippen LogP contribution is 2.23. The molecule has 0 fully saturated rings. The fourth-order valence-electron chi connectivity index (χ4n) is 2.94. The molecule has 0 saturated heterocycles. The zero-order valence-corrected chi connectivity index (χ0v) is 16.6. The molecule has 5 heteroatoms. The van der Waals surface area contributed by atoms with Gasteiger partial charge in [-0.15, -0.1) is 6.42 Å². The number of carbonyl (C=O) groups is 1. The van der Waals surface area contributed by atoms with Crippen LogP contribution in [-0.4, -0.2) is 17.1 Å². The van der Waals surface area contributed by atoms with Gasteiger partial charge in [0.1, 0.15) is 5.75 Å². The fraction of sp³-hybridized carbons (Fsp3) is 0.273. The van der Waals surface area contributed by atoms with Crippen LogP contribution in [0.25, 0.3) is 10.2 Å². The van der Waals surface area contributed by atoms with Gasteiger partial charge in [-0.05, 0) is 50.1 Å². The number of thiazole rings is 1. The minimum Gasteiger partial charge on any atom is -0.494 e. The topological polar surface area (TPSA) is 43.6 Å². The summed E-state index contributed by atoms with van der Waals surface area (Å²) in [6.45, 7) is 6.95. The molecular formula is C22H22N2O2S. The Morgan fingerprint density at radius 3 is 2.81 bits per heavy atom. The van der Waals surface area contributed by atoms with Gasteiger partial charge < -0.3 is 9.30 Å². The van der Waals surface area contributed by atoms with Crippen LogP contribution in [0.5, 0.6) is 5.75 Å². The van der Waals surface area contributed by atoms with E-state index in [1.807, 2.05) is 61.7 Å². The lowest BCUT2D eigenvalue weighted by molar-refractivity contribution is -0.117. The first-order chi connectivity index (χ1) is 13.0. The minimum absolute atomic E-state index is 0.175. The van der Waals surface area contributed by atoms with Crippen molar-refractivity contribution in [2.75, 3.05) is 6.61 Å². The highest BCUT2D eigenvalue weighted by atomic mass is 32.1. The number of nitrogens with zero attached hydrogens (tertiary/aromatic N) is 2. The van der Waals surface area contributed by atoms with Crippen molar-refractivity contribution in [1.82, 2.24) is 4.57 Å². The lowest BCUT2D eigenvalue weighted by Crippen LogP contribution is -2.17. The molecule has 0 saturated carbocycles. The number of carbonyl (C=O) groups excluding carboxylic acids is 1. The first-order valence-electron chi connectivity index (χ1n) is 8.85. The summed E-state index contributed by atoms with van der Waals surface area (Å²) in [6, 6.07) is 12.0. The molecule has 0 aliphatic carbocycles. The monoisotopic (exact) mass is 378 g/mol. The molecule has 0 aliphatic rings. The van der Waals surface area contributed by atoms with E-state index >= 15 is 0 Å². The standard InChI is InChI=1S/C22H22N2O2S/c1-5-11-24-19-10-9-18(26-6-2)14-20(19)27-22(24)23-21(25)13-17-12-15(3)7-8-16(17)4/h1,7-10,12,14H,6,11,13H2,2-4H3. The van der Waals surface area contributed by atoms with E-state index in [4.69, 9.17) is 11.2 Å². The number of aromatic nitrogens is 1. The zero-order valence-electron chi connectivity index (χ0n) is 15.8. The summed E-state index contributed by atoms with van der Waals surface area (Å²) in [4.78, 5) is 17.6. The number of benzene rings is 2. The Labute approximate surface area is 163 Å². The van der Waals surface area contributed by atoms with Crippen LogP contribution in [0.2, 0.25) is 0 Å². The molecule has 0 N–H and O–H groups in total. The molecule has 0 aliphatic heterocycles. The number of fused-ring (bicyclic) bond motifs is 1. The van der Waals surface area contributed by atoms with Crippen LogP contribution in [0.3, 0.4) is 0 Å². The Balaban J connectivity index is 2.00. The predicted molar refractivity (Wildman–Crippen MR) is 110 cm³/mol. The van der Waals surface area contributed by atoms with Crippen molar-refractivity contribution in [1.29, 1.82) is 0 Å². The van der Waals surface area contributed by atoms with Gasteiger partial charge in [-0.3, -0.25) is 4.79 Å². The number of hydrogen-bond donors (Lipinski definition) is 0. The molecule has 1 amide bonds. The Morgan fingerprint density at radius 2 is 2.07 bits per heavy atom.